The smallest absolute Gasteiger partial charge is 0.188 e. The van der Waals surface area contributed by atoms with Crippen LogP contribution < -0.4 is 11.1 Å². The Labute approximate surface area is 140 Å². The molecule has 0 amide bonds. The maximum atomic E-state index is 5.94. The summed E-state index contributed by atoms with van der Waals surface area (Å²) in [5.74, 6) is 0.951. The van der Waals surface area contributed by atoms with E-state index in [4.69, 9.17) is 15.2 Å². The van der Waals surface area contributed by atoms with Crippen molar-refractivity contribution in [3.63, 3.8) is 0 Å². The minimum Gasteiger partial charge on any atom is -0.383 e. The fourth-order valence-corrected chi connectivity index (χ4v) is 2.54. The molecule has 1 heterocycles. The molecule has 0 bridgehead atoms. The highest BCUT2D eigenvalue weighted by Crippen LogP contribution is 2.34. The number of nitrogens with one attached hydrogen (secondary N) is 1. The van der Waals surface area contributed by atoms with E-state index < -0.39 is 0 Å². The van der Waals surface area contributed by atoms with E-state index in [1.54, 1.807) is 7.11 Å². The van der Waals surface area contributed by atoms with Gasteiger partial charge in [0.05, 0.1) is 12.7 Å². The number of halogens is 1. The van der Waals surface area contributed by atoms with Crippen molar-refractivity contribution in [1.82, 2.24) is 5.32 Å². The zero-order valence-corrected chi connectivity index (χ0v) is 15.5. The Bertz CT molecular complexity index is 293. The quantitative estimate of drug-likeness (QED) is 0.321. The highest BCUT2D eigenvalue weighted by molar-refractivity contribution is 14.0. The lowest BCUT2D eigenvalue weighted by atomic mass is 9.78. The van der Waals surface area contributed by atoms with Gasteiger partial charge in [-0.2, -0.15) is 0 Å². The number of nitrogens with zero attached hydrogens (tertiary/aromatic N) is 1. The van der Waals surface area contributed by atoms with Gasteiger partial charge in [0, 0.05) is 32.7 Å². The molecule has 1 aliphatic rings. The third-order valence-corrected chi connectivity index (χ3v) is 3.41. The van der Waals surface area contributed by atoms with Gasteiger partial charge < -0.3 is 20.5 Å². The molecular weight excluding hydrogens is 369 g/mol. The summed E-state index contributed by atoms with van der Waals surface area (Å²) in [6, 6.07) is 0. The highest BCUT2D eigenvalue weighted by Gasteiger charge is 2.35. The molecule has 2 atom stereocenters. The third-order valence-electron chi connectivity index (χ3n) is 3.41. The minimum absolute atomic E-state index is 0. The topological polar surface area (TPSA) is 68.9 Å². The lowest BCUT2D eigenvalue weighted by molar-refractivity contribution is -0.0823. The molecule has 0 aliphatic carbocycles. The van der Waals surface area contributed by atoms with Crippen LogP contribution in [0.25, 0.3) is 0 Å². The summed E-state index contributed by atoms with van der Waals surface area (Å²) >= 11 is 0. The molecule has 0 radical (unpaired) electrons. The Balaban J connectivity index is 0.00000361. The number of rotatable bonds is 5. The normalized spacial score (nSPS) is 24.1. The fraction of sp³-hybridized carbons (Fsp3) is 0.929. The van der Waals surface area contributed by atoms with Crippen LogP contribution in [-0.2, 0) is 9.47 Å². The molecule has 3 N–H and O–H groups in total. The minimum atomic E-state index is 0. The summed E-state index contributed by atoms with van der Waals surface area (Å²) in [4.78, 5) is 4.43. The van der Waals surface area contributed by atoms with Crippen molar-refractivity contribution in [2.45, 2.75) is 39.7 Å². The van der Waals surface area contributed by atoms with Gasteiger partial charge >= 0.3 is 0 Å². The molecule has 0 aromatic rings. The number of aliphatic imine (C=N–C) groups is 1. The molecule has 0 aromatic heterocycles. The van der Waals surface area contributed by atoms with Crippen LogP contribution in [0.5, 0.6) is 0 Å². The number of nitrogens with two attached hydrogens (primary N) is 1. The summed E-state index contributed by atoms with van der Waals surface area (Å²) in [6.45, 7) is 9.58. The zero-order valence-electron chi connectivity index (χ0n) is 13.1. The summed E-state index contributed by atoms with van der Waals surface area (Å²) in [5, 5.41) is 3.04. The van der Waals surface area contributed by atoms with E-state index in [0.29, 0.717) is 25.0 Å². The van der Waals surface area contributed by atoms with E-state index in [0.717, 1.165) is 26.0 Å². The lowest BCUT2D eigenvalue weighted by Gasteiger charge is -2.39. The highest BCUT2D eigenvalue weighted by atomic mass is 127. The molecule has 120 valence electrons. The second-order valence-electron chi connectivity index (χ2n) is 6.21. The zero-order chi connectivity index (χ0) is 14.3. The first kappa shape index (κ1) is 19.9. The van der Waals surface area contributed by atoms with E-state index in [9.17, 15) is 0 Å². The van der Waals surface area contributed by atoms with Crippen LogP contribution in [0.4, 0.5) is 0 Å². The first-order chi connectivity index (χ1) is 8.95. The molecule has 6 heteroatoms. The van der Waals surface area contributed by atoms with E-state index in [1.807, 2.05) is 0 Å². The Hall–Kier alpha value is -0.0800. The molecule has 0 saturated carbocycles. The summed E-state index contributed by atoms with van der Waals surface area (Å²) in [7, 11) is 1.67. The average Bonchev–Trinajstić information content (AvgIpc) is 2.36. The molecule has 20 heavy (non-hydrogen) atoms. The monoisotopic (exact) mass is 399 g/mol. The van der Waals surface area contributed by atoms with Crippen LogP contribution in [0, 0.1) is 11.3 Å². The molecule has 1 saturated heterocycles. The maximum Gasteiger partial charge on any atom is 0.188 e. The van der Waals surface area contributed by atoms with Crippen molar-refractivity contribution >= 4 is 29.9 Å². The Morgan fingerprint density at radius 1 is 1.45 bits per heavy atom. The first-order valence-corrected chi connectivity index (χ1v) is 7.09. The molecule has 0 spiro atoms. The van der Waals surface area contributed by atoms with E-state index in [1.165, 1.54) is 0 Å². The van der Waals surface area contributed by atoms with Crippen LogP contribution in [-0.4, -0.2) is 45.5 Å². The van der Waals surface area contributed by atoms with Crippen LogP contribution in [0.2, 0.25) is 0 Å². The number of guanidine groups is 1. The van der Waals surface area contributed by atoms with E-state index in [2.05, 4.69) is 31.1 Å². The van der Waals surface area contributed by atoms with Gasteiger partial charge in [-0.3, -0.25) is 4.99 Å². The standard InChI is InChI=1S/C14H29N3O2.HI/c1-14(2,3)12-11(6-5-8-19-12)10-17-13(15)16-7-9-18-4;/h11-12H,5-10H2,1-4H3,(H3,15,16,17);1H. The third kappa shape index (κ3) is 7.08. The first-order valence-electron chi connectivity index (χ1n) is 7.09. The Morgan fingerprint density at radius 3 is 2.75 bits per heavy atom. The van der Waals surface area contributed by atoms with Gasteiger partial charge in [-0.1, -0.05) is 20.8 Å². The second-order valence-corrected chi connectivity index (χ2v) is 6.21. The summed E-state index contributed by atoms with van der Waals surface area (Å²) in [6.07, 6.45) is 2.54. The van der Waals surface area contributed by atoms with Gasteiger partial charge in [0.2, 0.25) is 0 Å². The van der Waals surface area contributed by atoms with Crippen molar-refractivity contribution in [2.75, 3.05) is 33.4 Å². The molecule has 2 unspecified atom stereocenters. The molecule has 1 fully saturated rings. The van der Waals surface area contributed by atoms with Gasteiger partial charge in [-0.15, -0.1) is 24.0 Å². The number of hydrogen-bond donors (Lipinski definition) is 2. The largest absolute Gasteiger partial charge is 0.383 e. The van der Waals surface area contributed by atoms with E-state index >= 15 is 0 Å². The van der Waals surface area contributed by atoms with Gasteiger partial charge in [-0.25, -0.2) is 0 Å². The lowest BCUT2D eigenvalue weighted by Crippen LogP contribution is -2.42. The van der Waals surface area contributed by atoms with Crippen LogP contribution in [0.3, 0.4) is 0 Å². The maximum absolute atomic E-state index is 5.94. The number of ether oxygens (including phenoxy) is 2. The van der Waals surface area contributed by atoms with Crippen molar-refractivity contribution in [2.24, 2.45) is 22.1 Å². The van der Waals surface area contributed by atoms with Gasteiger partial charge in [-0.05, 0) is 18.3 Å². The van der Waals surface area contributed by atoms with Gasteiger partial charge in [0.25, 0.3) is 0 Å². The summed E-state index contributed by atoms with van der Waals surface area (Å²) in [5.41, 5.74) is 5.98. The molecule has 1 aliphatic heterocycles. The SMILES string of the molecule is COCCNC(N)=NCC1CCCOC1C(C)(C)C.I. The summed E-state index contributed by atoms with van der Waals surface area (Å²) < 4.78 is 10.9. The van der Waals surface area contributed by atoms with Crippen LogP contribution in [0.1, 0.15) is 33.6 Å². The van der Waals surface area contributed by atoms with Gasteiger partial charge in [0.15, 0.2) is 5.96 Å². The van der Waals surface area contributed by atoms with Gasteiger partial charge in [0.1, 0.15) is 0 Å². The van der Waals surface area contributed by atoms with Crippen molar-refractivity contribution in [3.05, 3.63) is 0 Å². The van der Waals surface area contributed by atoms with Crippen LogP contribution in [0.15, 0.2) is 4.99 Å². The molecule has 5 nitrogen and oxygen atoms in total. The Kier molecular flexibility index (Phi) is 9.74. The van der Waals surface area contributed by atoms with E-state index in [-0.39, 0.29) is 35.5 Å². The second kappa shape index (κ2) is 9.78. The predicted molar refractivity (Wildman–Crippen MR) is 93.7 cm³/mol. The van der Waals surface area contributed by atoms with Crippen LogP contribution >= 0.6 is 24.0 Å². The number of hydrogen-bond acceptors (Lipinski definition) is 3. The number of methoxy groups -OCH3 is 1. The fourth-order valence-electron chi connectivity index (χ4n) is 2.54. The molecule has 1 rings (SSSR count). The predicted octanol–water partition coefficient (Wildman–Crippen LogP) is 2.00. The molecule has 0 aromatic carbocycles. The van der Waals surface area contributed by atoms with Crippen molar-refractivity contribution < 1.29 is 9.47 Å². The van der Waals surface area contributed by atoms with Crippen molar-refractivity contribution in [1.29, 1.82) is 0 Å². The molecular formula is C14H30IN3O2. The van der Waals surface area contributed by atoms with Crippen molar-refractivity contribution in [3.8, 4) is 0 Å². The average molecular weight is 399 g/mol. The Morgan fingerprint density at radius 2 is 2.15 bits per heavy atom.